The fourth-order valence-electron chi connectivity index (χ4n) is 6.23. The first-order chi connectivity index (χ1) is 22.9. The summed E-state index contributed by atoms with van der Waals surface area (Å²) in [6, 6.07) is 4.32. The van der Waals surface area contributed by atoms with Crippen LogP contribution in [0.25, 0.3) is 0 Å². The Balaban J connectivity index is 1.44. The van der Waals surface area contributed by atoms with Gasteiger partial charge in [-0.2, -0.15) is 9.57 Å². The number of rotatable bonds is 11. The van der Waals surface area contributed by atoms with Crippen molar-refractivity contribution < 1.29 is 40.8 Å². The van der Waals surface area contributed by atoms with Crippen molar-refractivity contribution in [2.24, 2.45) is 11.3 Å². The number of carbonyl (C=O) groups is 4. The maximum Gasteiger partial charge on any atom is 0.408 e. The van der Waals surface area contributed by atoms with Crippen molar-refractivity contribution in [3.63, 3.8) is 0 Å². The Bertz CT molecular complexity index is 1780. The summed E-state index contributed by atoms with van der Waals surface area (Å²) in [6.45, 7) is 7.68. The highest BCUT2D eigenvalue weighted by Gasteiger charge is 2.62. The summed E-state index contributed by atoms with van der Waals surface area (Å²) in [4.78, 5) is 55.5. The van der Waals surface area contributed by atoms with E-state index in [2.05, 4.69) is 21.9 Å². The summed E-state index contributed by atoms with van der Waals surface area (Å²) < 4.78 is 61.3. The molecule has 49 heavy (non-hydrogen) atoms. The van der Waals surface area contributed by atoms with Crippen molar-refractivity contribution in [3.05, 3.63) is 42.5 Å². The predicted octanol–water partition coefficient (Wildman–Crippen LogP) is 1.47. The van der Waals surface area contributed by atoms with Gasteiger partial charge in [0.1, 0.15) is 23.7 Å². The Morgan fingerprint density at radius 3 is 2.22 bits per heavy atom. The molecule has 3 N–H and O–H groups in total. The molecule has 1 aromatic carbocycles. The number of hydrogen-bond donors (Lipinski definition) is 3. The first kappa shape index (κ1) is 36.3. The molecule has 4 aliphatic rings. The van der Waals surface area contributed by atoms with Crippen molar-refractivity contribution in [3.8, 4) is 6.07 Å². The van der Waals surface area contributed by atoms with Crippen molar-refractivity contribution in [1.29, 1.82) is 5.26 Å². The van der Waals surface area contributed by atoms with E-state index in [9.17, 15) is 36.0 Å². The van der Waals surface area contributed by atoms with Crippen molar-refractivity contribution >= 4 is 43.9 Å². The molecule has 5 rings (SSSR count). The third-order valence-corrected chi connectivity index (χ3v) is 13.1. The number of nitriles is 1. The molecular formula is C32H42N6O9S2. The summed E-state index contributed by atoms with van der Waals surface area (Å²) in [5.41, 5.74) is -2.37. The quantitative estimate of drug-likeness (QED) is 0.280. The number of amides is 4. The van der Waals surface area contributed by atoms with Gasteiger partial charge in [0.05, 0.1) is 28.4 Å². The van der Waals surface area contributed by atoms with E-state index in [1.165, 1.54) is 30.3 Å². The van der Waals surface area contributed by atoms with E-state index in [4.69, 9.17) is 10.00 Å². The molecule has 3 aliphatic carbocycles. The SMILES string of the molecule is C=C[C@@H]1C[C@]1(NC(=O)[C@@H]1CN(S(=O)(=O)c2ccc(C#N)cc2)CN1C(=O)[C@@H](NC(=O)OC1CCCC1)C(C)(C)C)C(=O)NS(=O)(=O)C1CC1. The van der Waals surface area contributed by atoms with Crippen LogP contribution >= 0.6 is 0 Å². The topological polar surface area (TPSA) is 212 Å². The summed E-state index contributed by atoms with van der Waals surface area (Å²) in [7, 11) is -8.28. The molecule has 0 aromatic heterocycles. The van der Waals surface area contributed by atoms with E-state index in [0.717, 1.165) is 22.0 Å². The summed E-state index contributed by atoms with van der Waals surface area (Å²) >= 11 is 0. The number of sulfonamides is 2. The Morgan fingerprint density at radius 2 is 1.69 bits per heavy atom. The Labute approximate surface area is 286 Å². The lowest BCUT2D eigenvalue weighted by Crippen LogP contribution is -2.60. The first-order valence-electron chi connectivity index (χ1n) is 16.2. The highest BCUT2D eigenvalue weighted by Crippen LogP contribution is 2.45. The average molecular weight is 719 g/mol. The molecule has 0 radical (unpaired) electrons. The van der Waals surface area contributed by atoms with Crippen LogP contribution in [0.5, 0.6) is 0 Å². The monoisotopic (exact) mass is 718 g/mol. The molecule has 4 fully saturated rings. The van der Waals surface area contributed by atoms with Gasteiger partial charge in [-0.1, -0.05) is 26.8 Å². The molecule has 4 amide bonds. The van der Waals surface area contributed by atoms with E-state index in [1.54, 1.807) is 20.8 Å². The molecule has 266 valence electrons. The zero-order chi connectivity index (χ0) is 35.9. The molecule has 1 aromatic rings. The molecular weight excluding hydrogens is 677 g/mol. The van der Waals surface area contributed by atoms with Crippen LogP contribution < -0.4 is 15.4 Å². The molecule has 17 heteroatoms. The van der Waals surface area contributed by atoms with E-state index in [0.29, 0.717) is 25.7 Å². The second kappa shape index (κ2) is 13.4. The van der Waals surface area contributed by atoms with E-state index in [-0.39, 0.29) is 23.0 Å². The van der Waals surface area contributed by atoms with Crippen LogP contribution in [0.4, 0.5) is 4.79 Å². The lowest BCUT2D eigenvalue weighted by molar-refractivity contribution is -0.142. The van der Waals surface area contributed by atoms with Crippen LogP contribution in [0.1, 0.15) is 71.3 Å². The van der Waals surface area contributed by atoms with Crippen molar-refractivity contribution in [2.75, 3.05) is 13.2 Å². The predicted molar refractivity (Wildman–Crippen MR) is 175 cm³/mol. The zero-order valence-electron chi connectivity index (χ0n) is 27.7. The van der Waals surface area contributed by atoms with Crippen LogP contribution in [-0.2, 0) is 39.2 Å². The number of carbonyl (C=O) groups excluding carboxylic acids is 4. The van der Waals surface area contributed by atoms with Gasteiger partial charge in [-0.15, -0.1) is 6.58 Å². The van der Waals surface area contributed by atoms with Crippen LogP contribution in [-0.4, -0.2) is 92.0 Å². The van der Waals surface area contributed by atoms with Gasteiger partial charge in [-0.25, -0.2) is 21.6 Å². The van der Waals surface area contributed by atoms with E-state index < -0.39 is 91.3 Å². The molecule has 0 spiro atoms. The van der Waals surface area contributed by atoms with Crippen molar-refractivity contribution in [1.82, 2.24) is 24.6 Å². The van der Waals surface area contributed by atoms with E-state index >= 15 is 0 Å². The molecule has 0 bridgehead atoms. The van der Waals surface area contributed by atoms with Gasteiger partial charge < -0.3 is 20.3 Å². The molecule has 1 saturated heterocycles. The van der Waals surface area contributed by atoms with Crippen LogP contribution in [0, 0.1) is 22.7 Å². The van der Waals surface area contributed by atoms with Gasteiger partial charge in [-0.3, -0.25) is 19.1 Å². The Hall–Kier alpha value is -4.01. The minimum atomic E-state index is -4.32. The minimum Gasteiger partial charge on any atom is -0.446 e. The number of alkyl carbamates (subject to hydrolysis) is 1. The molecule has 4 atom stereocenters. The molecule has 0 unspecified atom stereocenters. The number of hydrogen-bond acceptors (Lipinski definition) is 10. The fourth-order valence-corrected chi connectivity index (χ4v) is 8.99. The standard InChI is InChI=1S/C32H42N6O9S2/c1-5-21-16-32(21,29(41)36-48(43,44)23-14-15-23)35-27(39)25-18-37(49(45,46)24-12-10-20(17-33)11-13-24)19-38(25)28(40)26(31(2,3)4)34-30(42)47-22-8-6-7-9-22/h5,10-13,21-23,25-26H,1,6-9,14-16,18-19H2,2-4H3,(H,34,42)(H,35,39)(H,36,41)/t21-,25+,26-,32-/m1/s1. The van der Waals surface area contributed by atoms with Gasteiger partial charge in [0.2, 0.25) is 31.9 Å². The Morgan fingerprint density at radius 1 is 1.06 bits per heavy atom. The van der Waals surface area contributed by atoms with Gasteiger partial charge in [-0.05, 0) is 74.6 Å². The largest absolute Gasteiger partial charge is 0.446 e. The lowest BCUT2D eigenvalue weighted by Gasteiger charge is -2.35. The average Bonchev–Trinajstić information content (AvgIpc) is 3.91. The number of ether oxygens (including phenoxy) is 1. The maximum atomic E-state index is 14.3. The normalized spacial score (nSPS) is 25.1. The number of benzene rings is 1. The second-order valence-electron chi connectivity index (χ2n) is 14.2. The van der Waals surface area contributed by atoms with Crippen LogP contribution in [0.15, 0.2) is 41.8 Å². The molecule has 15 nitrogen and oxygen atoms in total. The summed E-state index contributed by atoms with van der Waals surface area (Å²) in [6.07, 6.45) is 4.37. The highest BCUT2D eigenvalue weighted by molar-refractivity contribution is 7.91. The number of nitrogens with one attached hydrogen (secondary N) is 3. The smallest absolute Gasteiger partial charge is 0.408 e. The number of nitrogens with zero attached hydrogens (tertiary/aromatic N) is 3. The molecule has 3 saturated carbocycles. The van der Waals surface area contributed by atoms with Gasteiger partial charge >= 0.3 is 6.09 Å². The molecule has 1 heterocycles. The zero-order valence-corrected chi connectivity index (χ0v) is 29.3. The lowest BCUT2D eigenvalue weighted by atomic mass is 9.85. The third kappa shape index (κ3) is 7.60. The molecule has 1 aliphatic heterocycles. The maximum absolute atomic E-state index is 14.3. The van der Waals surface area contributed by atoms with Gasteiger partial charge in [0.15, 0.2) is 0 Å². The summed E-state index contributed by atoms with van der Waals surface area (Å²) in [5.74, 6) is -3.22. The fraction of sp³-hybridized carbons (Fsp3) is 0.594. The van der Waals surface area contributed by atoms with Crippen molar-refractivity contribution in [2.45, 2.75) is 99.6 Å². The van der Waals surface area contributed by atoms with Crippen LogP contribution in [0.2, 0.25) is 0 Å². The van der Waals surface area contributed by atoms with Crippen LogP contribution in [0.3, 0.4) is 0 Å². The Kier molecular flexibility index (Phi) is 9.90. The summed E-state index contributed by atoms with van der Waals surface area (Å²) in [5, 5.41) is 13.7. The second-order valence-corrected chi connectivity index (χ2v) is 18.1. The highest BCUT2D eigenvalue weighted by atomic mass is 32.2. The van der Waals surface area contributed by atoms with Gasteiger partial charge in [0, 0.05) is 12.5 Å². The van der Waals surface area contributed by atoms with E-state index in [1.807, 2.05) is 6.07 Å². The minimum absolute atomic E-state index is 0.0430. The first-order valence-corrected chi connectivity index (χ1v) is 19.2. The van der Waals surface area contributed by atoms with Gasteiger partial charge in [0.25, 0.3) is 5.91 Å². The third-order valence-electron chi connectivity index (χ3n) is 9.47.